The number of phenolic OH excluding ortho intramolecular Hbond substituents is 1. The number of phenols is 1. The maximum absolute atomic E-state index is 14.5. The van der Waals surface area contributed by atoms with Crippen molar-refractivity contribution < 1.29 is 53.9 Å². The Morgan fingerprint density at radius 3 is 1.63 bits per heavy atom. The smallest absolute Gasteiger partial charge is 0.252 e. The summed E-state index contributed by atoms with van der Waals surface area (Å²) >= 11 is 0. The number of nitrogens with one attached hydrogen (secondary N) is 4. The van der Waals surface area contributed by atoms with Crippen LogP contribution in [0.5, 0.6) is 5.75 Å². The summed E-state index contributed by atoms with van der Waals surface area (Å²) in [5.41, 5.74) is 20.8. The molecule has 5 amide bonds. The molecule has 1 fully saturated rings. The standard InChI is InChI=1S/C66H107N7O11/c1-4-5-6-7-8-9-10-11-12-13-14-15-16-17-18-19-20-21-22-23-24-31-40-83-66-59(77)57(75)58(76)60(84-66)65(82)70-39-30-28-35-55(72-62(79)53(68)45-52-46(2)41-51(74)42-47(52)3)63(80)73-56(64(81)71-54(61(69)78)34-27-29-38-67)44-48-36-37-49-32-25-26-33-50(49)43-48/h25-26,32-33,36-37,41-43,53-60,66,74-77H,4-24,27-31,34-35,38-40,44-45,67-68H2,1-3H3,(H2,69,78)(H,70,82)(H,71,81)(H,72,79)(H,73,80)/t53-,54-,55+,56-,57-,58-,59+,60-,66+/m0/s1. The number of amides is 5. The Morgan fingerprint density at radius 2 is 1.07 bits per heavy atom. The molecular formula is C66H107N7O11. The number of hydrogen-bond acceptors (Lipinski definition) is 13. The molecule has 3 aromatic rings. The molecule has 0 aliphatic carbocycles. The first-order valence-electron chi connectivity index (χ1n) is 32.1. The molecule has 1 heterocycles. The Labute approximate surface area is 501 Å². The number of aliphatic hydroxyl groups is 3. The molecular weight excluding hydrogens is 1070 g/mol. The van der Waals surface area contributed by atoms with Crippen molar-refractivity contribution in [3.05, 3.63) is 76.9 Å². The van der Waals surface area contributed by atoms with Gasteiger partial charge in [0.05, 0.1) is 6.04 Å². The summed E-state index contributed by atoms with van der Waals surface area (Å²) in [5.74, 6) is -3.40. The molecule has 472 valence electrons. The summed E-state index contributed by atoms with van der Waals surface area (Å²) in [6.07, 6.45) is 22.3. The van der Waals surface area contributed by atoms with Gasteiger partial charge in [-0.15, -0.1) is 0 Å². The van der Waals surface area contributed by atoms with Gasteiger partial charge < -0.3 is 68.4 Å². The number of rotatable bonds is 45. The normalized spacial score (nSPS) is 18.4. The van der Waals surface area contributed by atoms with Gasteiger partial charge in [-0.3, -0.25) is 24.0 Å². The molecule has 0 bridgehead atoms. The van der Waals surface area contributed by atoms with Crippen molar-refractivity contribution in [2.45, 2.75) is 268 Å². The van der Waals surface area contributed by atoms with Gasteiger partial charge in [0, 0.05) is 19.6 Å². The summed E-state index contributed by atoms with van der Waals surface area (Å²) in [6, 6.07) is 11.9. The van der Waals surface area contributed by atoms with E-state index in [9.17, 15) is 44.4 Å². The van der Waals surface area contributed by atoms with Crippen LogP contribution in [0.25, 0.3) is 10.8 Å². The van der Waals surface area contributed by atoms with Gasteiger partial charge in [-0.2, -0.15) is 0 Å². The van der Waals surface area contributed by atoms with Crippen LogP contribution in [0.3, 0.4) is 0 Å². The number of carbonyl (C=O) groups is 5. The molecule has 0 radical (unpaired) electrons. The van der Waals surface area contributed by atoms with E-state index in [2.05, 4.69) is 28.2 Å². The van der Waals surface area contributed by atoms with Crippen LogP contribution in [-0.4, -0.2) is 125 Å². The van der Waals surface area contributed by atoms with Gasteiger partial charge in [-0.25, -0.2) is 0 Å². The molecule has 18 nitrogen and oxygen atoms in total. The van der Waals surface area contributed by atoms with Crippen molar-refractivity contribution in [3.8, 4) is 5.75 Å². The summed E-state index contributed by atoms with van der Waals surface area (Å²) in [4.78, 5) is 68.5. The SMILES string of the molecule is CCCCCCCCCCCCCCCCCCCCCCCCO[C@@H]1O[C@H](C(=O)NCCCC[C@@H](NC(=O)[C@@H](N)Cc2c(C)cc(O)cc2C)C(=O)N[C@@H](Cc2ccc3ccccc3c2)C(=O)N[C@@H](CCCCN)C(N)=O)[C@@H](O)[C@H](O)[C@H]1O. The second-order valence-corrected chi connectivity index (χ2v) is 23.6. The third-order valence-electron chi connectivity index (χ3n) is 16.4. The van der Waals surface area contributed by atoms with Crippen molar-refractivity contribution in [3.63, 3.8) is 0 Å². The van der Waals surface area contributed by atoms with Gasteiger partial charge in [-0.1, -0.05) is 184 Å². The largest absolute Gasteiger partial charge is 0.508 e. The van der Waals surface area contributed by atoms with Gasteiger partial charge in [-0.05, 0) is 117 Å². The molecule has 0 spiro atoms. The van der Waals surface area contributed by atoms with Gasteiger partial charge in [0.1, 0.15) is 42.2 Å². The second-order valence-electron chi connectivity index (χ2n) is 23.6. The van der Waals surface area contributed by atoms with E-state index < -0.39 is 84.4 Å². The summed E-state index contributed by atoms with van der Waals surface area (Å²) in [7, 11) is 0. The molecule has 84 heavy (non-hydrogen) atoms. The predicted octanol–water partition coefficient (Wildman–Crippen LogP) is 8.06. The van der Waals surface area contributed by atoms with Crippen molar-refractivity contribution in [1.82, 2.24) is 21.3 Å². The van der Waals surface area contributed by atoms with E-state index in [1.165, 1.54) is 116 Å². The molecule has 0 aromatic heterocycles. The second kappa shape index (κ2) is 41.0. The highest BCUT2D eigenvalue weighted by Crippen LogP contribution is 2.25. The van der Waals surface area contributed by atoms with E-state index in [4.69, 9.17) is 26.7 Å². The third kappa shape index (κ3) is 26.6. The Morgan fingerprint density at radius 1 is 0.571 bits per heavy atom. The molecule has 1 saturated heterocycles. The molecule has 14 N–H and O–H groups in total. The van der Waals surface area contributed by atoms with Crippen LogP contribution in [0.1, 0.15) is 209 Å². The van der Waals surface area contributed by atoms with E-state index >= 15 is 0 Å². The Kier molecular flexibility index (Phi) is 34.8. The quantitative estimate of drug-likeness (QED) is 0.0239. The van der Waals surface area contributed by atoms with E-state index in [0.29, 0.717) is 31.4 Å². The number of ether oxygens (including phenoxy) is 2. The zero-order valence-corrected chi connectivity index (χ0v) is 51.1. The lowest BCUT2D eigenvalue weighted by Crippen LogP contribution is -2.62. The number of aromatic hydroxyl groups is 1. The minimum absolute atomic E-state index is 0.0225. The van der Waals surface area contributed by atoms with Gasteiger partial charge >= 0.3 is 0 Å². The lowest BCUT2D eigenvalue weighted by Gasteiger charge is -2.39. The summed E-state index contributed by atoms with van der Waals surface area (Å²) in [6.45, 7) is 6.54. The van der Waals surface area contributed by atoms with E-state index in [1.54, 1.807) is 26.0 Å². The van der Waals surface area contributed by atoms with Crippen LogP contribution < -0.4 is 38.5 Å². The lowest BCUT2D eigenvalue weighted by molar-refractivity contribution is -0.290. The molecule has 4 rings (SSSR count). The zero-order chi connectivity index (χ0) is 61.1. The fraction of sp³-hybridized carbons (Fsp3) is 0.682. The van der Waals surface area contributed by atoms with Crippen molar-refractivity contribution in [1.29, 1.82) is 0 Å². The number of unbranched alkanes of at least 4 members (excludes halogenated alkanes) is 23. The first kappa shape index (κ1) is 71.3. The maximum Gasteiger partial charge on any atom is 0.252 e. The topological polar surface area (TPSA) is 311 Å². The average molecular weight is 1170 g/mol. The van der Waals surface area contributed by atoms with E-state index in [0.717, 1.165) is 46.7 Å². The van der Waals surface area contributed by atoms with Crippen LogP contribution in [0.15, 0.2) is 54.6 Å². The Hall–Kier alpha value is -5.21. The van der Waals surface area contributed by atoms with E-state index in [1.807, 2.05) is 42.5 Å². The summed E-state index contributed by atoms with van der Waals surface area (Å²) < 4.78 is 11.6. The van der Waals surface area contributed by atoms with Crippen molar-refractivity contribution in [2.24, 2.45) is 17.2 Å². The molecule has 18 heteroatoms. The molecule has 0 saturated carbocycles. The number of aryl methyl sites for hydroxylation is 2. The first-order valence-corrected chi connectivity index (χ1v) is 32.1. The number of aliphatic hydroxyl groups excluding tert-OH is 3. The van der Waals surface area contributed by atoms with Crippen molar-refractivity contribution >= 4 is 40.3 Å². The van der Waals surface area contributed by atoms with E-state index in [-0.39, 0.29) is 57.4 Å². The molecule has 3 aromatic carbocycles. The van der Waals surface area contributed by atoms with Gasteiger partial charge in [0.15, 0.2) is 12.4 Å². The highest BCUT2D eigenvalue weighted by atomic mass is 16.7. The van der Waals surface area contributed by atoms with Crippen LogP contribution >= 0.6 is 0 Å². The van der Waals surface area contributed by atoms with Crippen LogP contribution in [0.4, 0.5) is 0 Å². The molecule has 1 aliphatic rings. The fourth-order valence-electron chi connectivity index (χ4n) is 11.2. The minimum Gasteiger partial charge on any atom is -0.508 e. The third-order valence-corrected chi connectivity index (χ3v) is 16.4. The first-order chi connectivity index (χ1) is 40.5. The fourth-order valence-corrected chi connectivity index (χ4v) is 11.2. The number of benzene rings is 3. The molecule has 0 unspecified atom stereocenters. The monoisotopic (exact) mass is 1170 g/mol. The number of nitrogens with two attached hydrogens (primary N) is 3. The van der Waals surface area contributed by atoms with Crippen molar-refractivity contribution in [2.75, 3.05) is 19.7 Å². The van der Waals surface area contributed by atoms with Gasteiger partial charge in [0.2, 0.25) is 23.6 Å². The number of hydrogen-bond donors (Lipinski definition) is 11. The number of primary amides is 1. The number of carbonyl (C=O) groups excluding carboxylic acids is 5. The average Bonchev–Trinajstić information content (AvgIpc) is 3.42. The Balaban J connectivity index is 1.26. The lowest BCUT2D eigenvalue weighted by atomic mass is 9.95. The predicted molar refractivity (Wildman–Crippen MR) is 332 cm³/mol. The zero-order valence-electron chi connectivity index (χ0n) is 51.1. The Bertz CT molecular complexity index is 2370. The minimum atomic E-state index is -1.74. The highest BCUT2D eigenvalue weighted by molar-refractivity contribution is 5.95. The summed E-state index contributed by atoms with van der Waals surface area (Å²) in [5, 5.41) is 55.3. The molecule has 9 atom stereocenters. The number of fused-ring (bicyclic) bond motifs is 1. The maximum atomic E-state index is 14.5. The van der Waals surface area contributed by atoms with Crippen LogP contribution in [0, 0.1) is 13.8 Å². The highest BCUT2D eigenvalue weighted by Gasteiger charge is 2.47. The van der Waals surface area contributed by atoms with Gasteiger partial charge in [0.25, 0.3) is 5.91 Å². The van der Waals surface area contributed by atoms with Crippen LogP contribution in [-0.2, 0) is 46.3 Å². The molecule has 1 aliphatic heterocycles. The van der Waals surface area contributed by atoms with Crippen LogP contribution in [0.2, 0.25) is 0 Å².